The topological polar surface area (TPSA) is 47.3 Å². The van der Waals surface area contributed by atoms with Crippen molar-refractivity contribution >= 4 is 5.69 Å². The standard InChI is InChI=1S/C17H17FN2O/c18-17-8-7-14(12-19)11-15(17)13-20(9-4-10-21)16-5-2-1-3-6-16/h1-3,5-8,11,21H,4,9-10,13H2. The molecule has 0 radical (unpaired) electrons. The van der Waals surface area contributed by atoms with Crippen LogP contribution in [0.15, 0.2) is 48.5 Å². The van der Waals surface area contributed by atoms with Gasteiger partial charge < -0.3 is 10.0 Å². The molecule has 0 spiro atoms. The first kappa shape index (κ1) is 15.0. The van der Waals surface area contributed by atoms with E-state index in [0.29, 0.717) is 30.6 Å². The number of nitrogens with zero attached hydrogens (tertiary/aromatic N) is 2. The van der Waals surface area contributed by atoms with Crippen LogP contribution in [-0.2, 0) is 6.54 Å². The Labute approximate surface area is 123 Å². The van der Waals surface area contributed by atoms with Crippen LogP contribution in [0.2, 0.25) is 0 Å². The lowest BCUT2D eigenvalue weighted by Gasteiger charge is -2.25. The number of anilines is 1. The van der Waals surface area contributed by atoms with Gasteiger partial charge in [0.15, 0.2) is 0 Å². The van der Waals surface area contributed by atoms with E-state index in [1.54, 1.807) is 6.07 Å². The zero-order valence-electron chi connectivity index (χ0n) is 11.7. The molecule has 2 aromatic rings. The maximum absolute atomic E-state index is 13.9. The third kappa shape index (κ3) is 4.04. The summed E-state index contributed by atoms with van der Waals surface area (Å²) in [4.78, 5) is 2.00. The van der Waals surface area contributed by atoms with Crippen LogP contribution in [0.1, 0.15) is 17.5 Å². The number of halogens is 1. The van der Waals surface area contributed by atoms with E-state index >= 15 is 0 Å². The highest BCUT2D eigenvalue weighted by molar-refractivity contribution is 5.47. The third-order valence-corrected chi connectivity index (χ3v) is 3.24. The molecular formula is C17H17FN2O. The monoisotopic (exact) mass is 284 g/mol. The quantitative estimate of drug-likeness (QED) is 0.886. The molecule has 2 rings (SSSR count). The fraction of sp³-hybridized carbons (Fsp3) is 0.235. The molecule has 0 saturated carbocycles. The average Bonchev–Trinajstić information content (AvgIpc) is 2.54. The van der Waals surface area contributed by atoms with Crippen molar-refractivity contribution < 1.29 is 9.50 Å². The molecule has 0 aliphatic carbocycles. The summed E-state index contributed by atoms with van der Waals surface area (Å²) in [6.45, 7) is 1.08. The van der Waals surface area contributed by atoms with Crippen LogP contribution in [0.4, 0.5) is 10.1 Å². The van der Waals surface area contributed by atoms with Crippen LogP contribution in [0, 0.1) is 17.1 Å². The van der Waals surface area contributed by atoms with Crippen LogP contribution >= 0.6 is 0 Å². The summed E-state index contributed by atoms with van der Waals surface area (Å²) in [6.07, 6.45) is 0.606. The van der Waals surface area contributed by atoms with Gasteiger partial charge in [-0.2, -0.15) is 5.26 Å². The zero-order chi connectivity index (χ0) is 15.1. The van der Waals surface area contributed by atoms with Crippen molar-refractivity contribution in [3.8, 4) is 6.07 Å². The van der Waals surface area contributed by atoms with Crippen LogP contribution in [0.25, 0.3) is 0 Å². The fourth-order valence-electron chi connectivity index (χ4n) is 2.17. The third-order valence-electron chi connectivity index (χ3n) is 3.24. The first-order valence-electron chi connectivity index (χ1n) is 6.84. The second kappa shape index (κ2) is 7.41. The van der Waals surface area contributed by atoms with Crippen molar-refractivity contribution in [1.29, 1.82) is 5.26 Å². The largest absolute Gasteiger partial charge is 0.396 e. The highest BCUT2D eigenvalue weighted by Gasteiger charge is 2.11. The number of hydrogen-bond acceptors (Lipinski definition) is 3. The second-order valence-corrected chi connectivity index (χ2v) is 4.75. The van der Waals surface area contributed by atoms with Gasteiger partial charge in [-0.3, -0.25) is 0 Å². The van der Waals surface area contributed by atoms with Gasteiger partial charge in [0.25, 0.3) is 0 Å². The molecule has 0 unspecified atom stereocenters. The second-order valence-electron chi connectivity index (χ2n) is 4.75. The summed E-state index contributed by atoms with van der Waals surface area (Å²) in [5.74, 6) is -0.320. The van der Waals surface area contributed by atoms with Crippen LogP contribution in [0.3, 0.4) is 0 Å². The minimum Gasteiger partial charge on any atom is -0.396 e. The molecule has 0 aliphatic heterocycles. The van der Waals surface area contributed by atoms with Crippen molar-refractivity contribution in [3.63, 3.8) is 0 Å². The molecule has 0 heterocycles. The summed E-state index contributed by atoms with van der Waals surface area (Å²) in [7, 11) is 0. The molecule has 3 nitrogen and oxygen atoms in total. The molecule has 0 aromatic heterocycles. The Morgan fingerprint density at radius 2 is 1.90 bits per heavy atom. The van der Waals surface area contributed by atoms with Gasteiger partial charge in [-0.05, 0) is 36.8 Å². The Balaban J connectivity index is 2.25. The number of aliphatic hydroxyl groups excluding tert-OH is 1. The molecule has 1 N–H and O–H groups in total. The molecular weight excluding hydrogens is 267 g/mol. The van der Waals surface area contributed by atoms with Crippen molar-refractivity contribution in [1.82, 2.24) is 0 Å². The Morgan fingerprint density at radius 3 is 2.57 bits per heavy atom. The summed E-state index contributed by atoms with van der Waals surface area (Å²) < 4.78 is 13.9. The van der Waals surface area contributed by atoms with Crippen LogP contribution in [-0.4, -0.2) is 18.3 Å². The maximum Gasteiger partial charge on any atom is 0.128 e. The van der Waals surface area contributed by atoms with E-state index in [0.717, 1.165) is 5.69 Å². The fourth-order valence-corrected chi connectivity index (χ4v) is 2.17. The molecule has 0 atom stereocenters. The van der Waals surface area contributed by atoms with Crippen LogP contribution < -0.4 is 4.90 Å². The van der Waals surface area contributed by atoms with E-state index in [2.05, 4.69) is 0 Å². The molecule has 0 aliphatic rings. The van der Waals surface area contributed by atoms with Gasteiger partial charge in [0, 0.05) is 30.9 Å². The number of aliphatic hydroxyl groups is 1. The summed E-state index contributed by atoms with van der Waals surface area (Å²) in [6, 6.07) is 16.1. The van der Waals surface area contributed by atoms with E-state index in [4.69, 9.17) is 10.4 Å². The molecule has 108 valence electrons. The van der Waals surface area contributed by atoms with Gasteiger partial charge >= 0.3 is 0 Å². The zero-order valence-corrected chi connectivity index (χ0v) is 11.7. The van der Waals surface area contributed by atoms with Crippen molar-refractivity contribution in [2.75, 3.05) is 18.1 Å². The molecule has 21 heavy (non-hydrogen) atoms. The summed E-state index contributed by atoms with van der Waals surface area (Å²) in [5, 5.41) is 17.9. The lowest BCUT2D eigenvalue weighted by molar-refractivity contribution is 0.289. The highest BCUT2D eigenvalue weighted by atomic mass is 19.1. The van der Waals surface area contributed by atoms with E-state index in [1.165, 1.54) is 12.1 Å². The van der Waals surface area contributed by atoms with Gasteiger partial charge in [-0.1, -0.05) is 18.2 Å². The number of nitriles is 1. The number of para-hydroxylation sites is 1. The number of rotatable bonds is 6. The molecule has 0 bridgehead atoms. The van der Waals surface area contributed by atoms with Crippen molar-refractivity contribution in [2.24, 2.45) is 0 Å². The van der Waals surface area contributed by atoms with E-state index in [1.807, 2.05) is 41.3 Å². The minimum absolute atomic E-state index is 0.0874. The maximum atomic E-state index is 13.9. The SMILES string of the molecule is N#Cc1ccc(F)c(CN(CCCO)c2ccccc2)c1. The lowest BCUT2D eigenvalue weighted by Crippen LogP contribution is -2.25. The summed E-state index contributed by atoms with van der Waals surface area (Å²) in [5.41, 5.74) is 1.89. The number of benzene rings is 2. The first-order chi connectivity index (χ1) is 10.2. The Morgan fingerprint density at radius 1 is 1.14 bits per heavy atom. The van der Waals surface area contributed by atoms with Crippen LogP contribution in [0.5, 0.6) is 0 Å². The Hall–Kier alpha value is -2.38. The predicted molar refractivity (Wildman–Crippen MR) is 80.3 cm³/mol. The van der Waals surface area contributed by atoms with E-state index in [9.17, 15) is 4.39 Å². The molecule has 0 amide bonds. The van der Waals surface area contributed by atoms with Gasteiger partial charge in [0.05, 0.1) is 11.6 Å². The lowest BCUT2D eigenvalue weighted by atomic mass is 10.1. The predicted octanol–water partition coefficient (Wildman–Crippen LogP) is 3.09. The van der Waals surface area contributed by atoms with Crippen molar-refractivity contribution in [3.05, 3.63) is 65.5 Å². The first-order valence-corrected chi connectivity index (χ1v) is 6.84. The minimum atomic E-state index is -0.320. The molecule has 0 fully saturated rings. The average molecular weight is 284 g/mol. The van der Waals surface area contributed by atoms with Gasteiger partial charge in [-0.25, -0.2) is 4.39 Å². The summed E-state index contributed by atoms with van der Waals surface area (Å²) >= 11 is 0. The van der Waals surface area contributed by atoms with E-state index < -0.39 is 0 Å². The van der Waals surface area contributed by atoms with Crippen molar-refractivity contribution in [2.45, 2.75) is 13.0 Å². The smallest absolute Gasteiger partial charge is 0.128 e. The van der Waals surface area contributed by atoms with E-state index in [-0.39, 0.29) is 12.4 Å². The molecule has 2 aromatic carbocycles. The van der Waals surface area contributed by atoms with Gasteiger partial charge in [0.1, 0.15) is 5.82 Å². The Bertz CT molecular complexity index is 622. The highest BCUT2D eigenvalue weighted by Crippen LogP contribution is 2.19. The molecule has 0 saturated heterocycles. The molecule has 4 heteroatoms. The number of hydrogen-bond donors (Lipinski definition) is 1. The normalized spacial score (nSPS) is 10.1. The van der Waals surface area contributed by atoms with Gasteiger partial charge in [0.2, 0.25) is 0 Å². The van der Waals surface area contributed by atoms with Gasteiger partial charge in [-0.15, -0.1) is 0 Å². The Kier molecular flexibility index (Phi) is 5.30.